The quantitative estimate of drug-likeness (QED) is 0.856. The molecule has 106 valence electrons. The molecular formula is C14H16FN3O2. The van der Waals surface area contributed by atoms with E-state index >= 15 is 0 Å². The molecule has 1 fully saturated rings. The molecule has 2 aromatic rings. The SMILES string of the molecule is COC1(C)CN(c2noc(Cc3ccc(F)cc3)n2)C1. The maximum Gasteiger partial charge on any atom is 0.266 e. The van der Waals surface area contributed by atoms with Gasteiger partial charge in [-0.2, -0.15) is 4.98 Å². The van der Waals surface area contributed by atoms with Crippen LogP contribution in [0, 0.1) is 5.82 Å². The van der Waals surface area contributed by atoms with Gasteiger partial charge in [-0.3, -0.25) is 0 Å². The van der Waals surface area contributed by atoms with Gasteiger partial charge in [0.25, 0.3) is 5.95 Å². The molecular weight excluding hydrogens is 261 g/mol. The topological polar surface area (TPSA) is 51.4 Å². The Morgan fingerprint density at radius 1 is 1.35 bits per heavy atom. The van der Waals surface area contributed by atoms with Gasteiger partial charge in [0.1, 0.15) is 11.4 Å². The fraction of sp³-hybridized carbons (Fsp3) is 0.429. The first-order chi connectivity index (χ1) is 9.58. The summed E-state index contributed by atoms with van der Waals surface area (Å²) in [6.07, 6.45) is 0.503. The zero-order valence-corrected chi connectivity index (χ0v) is 11.5. The van der Waals surface area contributed by atoms with Gasteiger partial charge >= 0.3 is 0 Å². The summed E-state index contributed by atoms with van der Waals surface area (Å²) in [5, 5.41) is 3.96. The largest absolute Gasteiger partial charge is 0.375 e. The second-order valence-corrected chi connectivity index (χ2v) is 5.30. The van der Waals surface area contributed by atoms with Gasteiger partial charge in [-0.05, 0) is 29.8 Å². The standard InChI is InChI=1S/C14H16FN3O2/c1-14(19-2)8-18(9-14)13-16-12(20-17-13)7-10-3-5-11(15)6-4-10/h3-6H,7-9H2,1-2H3. The number of rotatable bonds is 4. The smallest absolute Gasteiger partial charge is 0.266 e. The number of halogens is 1. The predicted molar refractivity (Wildman–Crippen MR) is 71.1 cm³/mol. The zero-order chi connectivity index (χ0) is 14.2. The molecule has 1 aromatic heterocycles. The summed E-state index contributed by atoms with van der Waals surface area (Å²) in [6.45, 7) is 3.54. The molecule has 0 bridgehead atoms. The lowest BCUT2D eigenvalue weighted by molar-refractivity contribution is -0.0177. The van der Waals surface area contributed by atoms with E-state index in [0.717, 1.165) is 18.7 Å². The molecule has 0 radical (unpaired) electrons. The van der Waals surface area contributed by atoms with E-state index < -0.39 is 0 Å². The van der Waals surface area contributed by atoms with E-state index in [9.17, 15) is 4.39 Å². The van der Waals surface area contributed by atoms with Crippen LogP contribution in [0.2, 0.25) is 0 Å². The Morgan fingerprint density at radius 3 is 2.70 bits per heavy atom. The van der Waals surface area contributed by atoms with Crippen molar-refractivity contribution in [2.45, 2.75) is 18.9 Å². The summed E-state index contributed by atoms with van der Waals surface area (Å²) in [4.78, 5) is 6.35. The summed E-state index contributed by atoms with van der Waals surface area (Å²) in [6, 6.07) is 6.27. The van der Waals surface area contributed by atoms with Crippen LogP contribution in [0.3, 0.4) is 0 Å². The molecule has 0 saturated carbocycles. The van der Waals surface area contributed by atoms with Gasteiger partial charge in [-0.25, -0.2) is 4.39 Å². The van der Waals surface area contributed by atoms with Gasteiger partial charge in [0.05, 0.1) is 19.5 Å². The second-order valence-electron chi connectivity index (χ2n) is 5.30. The van der Waals surface area contributed by atoms with Crippen LogP contribution in [-0.4, -0.2) is 35.9 Å². The van der Waals surface area contributed by atoms with Gasteiger partial charge in [0.15, 0.2) is 0 Å². The minimum absolute atomic E-state index is 0.127. The number of nitrogens with zero attached hydrogens (tertiary/aromatic N) is 3. The Morgan fingerprint density at radius 2 is 2.05 bits per heavy atom. The zero-order valence-electron chi connectivity index (χ0n) is 11.5. The van der Waals surface area contributed by atoms with Crippen molar-refractivity contribution >= 4 is 5.95 Å². The van der Waals surface area contributed by atoms with Crippen molar-refractivity contribution in [3.05, 3.63) is 41.5 Å². The highest BCUT2D eigenvalue weighted by molar-refractivity contribution is 5.36. The van der Waals surface area contributed by atoms with Gasteiger partial charge in [0, 0.05) is 7.11 Å². The van der Waals surface area contributed by atoms with E-state index in [2.05, 4.69) is 10.1 Å². The highest BCUT2D eigenvalue weighted by Crippen LogP contribution is 2.27. The van der Waals surface area contributed by atoms with Crippen molar-refractivity contribution < 1.29 is 13.7 Å². The molecule has 0 unspecified atom stereocenters. The Hall–Kier alpha value is -1.95. The van der Waals surface area contributed by atoms with Crippen LogP contribution >= 0.6 is 0 Å². The highest BCUT2D eigenvalue weighted by Gasteiger charge is 2.40. The molecule has 1 aliphatic heterocycles. The van der Waals surface area contributed by atoms with E-state index in [4.69, 9.17) is 9.26 Å². The molecule has 0 atom stereocenters. The van der Waals surface area contributed by atoms with Crippen LogP contribution in [0.1, 0.15) is 18.4 Å². The molecule has 6 heteroatoms. The fourth-order valence-electron chi connectivity index (χ4n) is 2.25. The first-order valence-electron chi connectivity index (χ1n) is 6.45. The Bertz CT molecular complexity index is 591. The third-order valence-electron chi connectivity index (χ3n) is 3.55. The minimum atomic E-state index is -0.251. The summed E-state index contributed by atoms with van der Waals surface area (Å²) < 4.78 is 23.4. The Kier molecular flexibility index (Phi) is 3.17. The molecule has 1 aromatic carbocycles. The third-order valence-corrected chi connectivity index (χ3v) is 3.55. The van der Waals surface area contributed by atoms with Crippen molar-refractivity contribution in [1.82, 2.24) is 10.1 Å². The van der Waals surface area contributed by atoms with Crippen LogP contribution in [0.25, 0.3) is 0 Å². The van der Waals surface area contributed by atoms with Gasteiger partial charge in [-0.1, -0.05) is 12.1 Å². The Balaban J connectivity index is 1.64. The number of hydrogen-bond acceptors (Lipinski definition) is 5. The molecule has 3 rings (SSSR count). The van der Waals surface area contributed by atoms with Crippen molar-refractivity contribution in [1.29, 1.82) is 0 Å². The monoisotopic (exact) mass is 277 g/mol. The van der Waals surface area contributed by atoms with Crippen LogP contribution in [0.4, 0.5) is 10.3 Å². The van der Waals surface area contributed by atoms with Crippen molar-refractivity contribution in [2.24, 2.45) is 0 Å². The summed E-state index contributed by atoms with van der Waals surface area (Å²) in [5.74, 6) is 0.855. The second kappa shape index (κ2) is 4.86. The lowest BCUT2D eigenvalue weighted by Crippen LogP contribution is -2.61. The van der Waals surface area contributed by atoms with Crippen LogP contribution in [0.15, 0.2) is 28.8 Å². The van der Waals surface area contributed by atoms with E-state index in [1.54, 1.807) is 19.2 Å². The third kappa shape index (κ3) is 2.51. The molecule has 0 amide bonds. The highest BCUT2D eigenvalue weighted by atomic mass is 19.1. The van der Waals surface area contributed by atoms with Crippen molar-refractivity contribution in [2.75, 3.05) is 25.1 Å². The summed E-state index contributed by atoms with van der Waals surface area (Å²) in [7, 11) is 1.70. The molecule has 1 aliphatic rings. The van der Waals surface area contributed by atoms with Gasteiger partial charge in [-0.15, -0.1) is 0 Å². The minimum Gasteiger partial charge on any atom is -0.375 e. The van der Waals surface area contributed by atoms with Crippen LogP contribution < -0.4 is 4.90 Å². The molecule has 1 saturated heterocycles. The number of methoxy groups -OCH3 is 1. The molecule has 0 N–H and O–H groups in total. The Labute approximate surface area is 116 Å². The summed E-state index contributed by atoms with van der Waals surface area (Å²) in [5.41, 5.74) is 0.810. The molecule has 2 heterocycles. The average molecular weight is 277 g/mol. The van der Waals surface area contributed by atoms with Crippen molar-refractivity contribution in [3.63, 3.8) is 0 Å². The number of anilines is 1. The van der Waals surface area contributed by atoms with Crippen LogP contribution in [-0.2, 0) is 11.2 Å². The van der Waals surface area contributed by atoms with Gasteiger partial charge < -0.3 is 14.2 Å². The molecule has 20 heavy (non-hydrogen) atoms. The van der Waals surface area contributed by atoms with E-state index in [1.165, 1.54) is 12.1 Å². The first kappa shape index (κ1) is 13.1. The normalized spacial score (nSPS) is 17.1. The number of ether oxygens (including phenoxy) is 1. The number of benzene rings is 1. The van der Waals surface area contributed by atoms with E-state index in [0.29, 0.717) is 18.3 Å². The summed E-state index contributed by atoms with van der Waals surface area (Å²) >= 11 is 0. The number of aromatic nitrogens is 2. The predicted octanol–water partition coefficient (Wildman–Crippen LogP) is 2.02. The first-order valence-corrected chi connectivity index (χ1v) is 6.45. The fourth-order valence-corrected chi connectivity index (χ4v) is 2.25. The number of hydrogen-bond donors (Lipinski definition) is 0. The van der Waals surface area contributed by atoms with Crippen LogP contribution in [0.5, 0.6) is 0 Å². The molecule has 0 aliphatic carbocycles. The lowest BCUT2D eigenvalue weighted by atomic mass is 9.97. The average Bonchev–Trinajstić information content (AvgIpc) is 2.86. The van der Waals surface area contributed by atoms with E-state index in [1.807, 2.05) is 11.8 Å². The molecule has 5 nitrogen and oxygen atoms in total. The maximum absolute atomic E-state index is 12.8. The lowest BCUT2D eigenvalue weighted by Gasteiger charge is -2.45. The van der Waals surface area contributed by atoms with Gasteiger partial charge in [0.2, 0.25) is 5.89 Å². The van der Waals surface area contributed by atoms with Crippen molar-refractivity contribution in [3.8, 4) is 0 Å². The maximum atomic E-state index is 12.8. The van der Waals surface area contributed by atoms with E-state index in [-0.39, 0.29) is 11.4 Å². The molecule has 0 spiro atoms.